The molecule has 5 heteroatoms. The predicted octanol–water partition coefficient (Wildman–Crippen LogP) is 1.81. The quantitative estimate of drug-likeness (QED) is 0.867. The number of carbonyl (C=O) groups is 1. The molecule has 94 valence electrons. The lowest BCUT2D eigenvalue weighted by Gasteiger charge is -2.13. The van der Waals surface area contributed by atoms with E-state index in [2.05, 4.69) is 10.6 Å². The van der Waals surface area contributed by atoms with E-state index in [9.17, 15) is 4.79 Å². The van der Waals surface area contributed by atoms with Crippen LogP contribution in [0.25, 0.3) is 0 Å². The van der Waals surface area contributed by atoms with Crippen LogP contribution in [0.2, 0.25) is 0 Å². The third-order valence-electron chi connectivity index (χ3n) is 2.47. The normalized spacial score (nSPS) is 18.3. The van der Waals surface area contributed by atoms with Crippen LogP contribution in [-0.2, 0) is 4.79 Å². The first kappa shape index (κ1) is 13.8. The summed E-state index contributed by atoms with van der Waals surface area (Å²) in [6.07, 6.45) is 1.28. The summed E-state index contributed by atoms with van der Waals surface area (Å²) >= 11 is 0. The fourth-order valence-electron chi connectivity index (χ4n) is 1.77. The van der Waals surface area contributed by atoms with Gasteiger partial charge in [-0.05, 0) is 25.1 Å². The molecule has 0 radical (unpaired) electrons. The summed E-state index contributed by atoms with van der Waals surface area (Å²) in [4.78, 5) is 10.9. The summed E-state index contributed by atoms with van der Waals surface area (Å²) in [5, 5.41) is 5.98. The van der Waals surface area contributed by atoms with E-state index in [0.717, 1.165) is 30.9 Å². The molecular weight excluding hydrogens is 240 g/mol. The minimum absolute atomic E-state index is 0. The number of amides is 1. The zero-order chi connectivity index (χ0) is 11.4. The van der Waals surface area contributed by atoms with Crippen LogP contribution in [0.3, 0.4) is 0 Å². The van der Waals surface area contributed by atoms with Crippen LogP contribution in [0.15, 0.2) is 24.3 Å². The standard InChI is InChI=1S/C12H16N2O2.ClH/c1-9(15)14-10-3-2-4-11(7-10)16-12-5-6-13-8-12;/h2-4,7,12-13H,5-6,8H2,1H3,(H,14,15);1H. The second-order valence-electron chi connectivity index (χ2n) is 3.94. The lowest BCUT2D eigenvalue weighted by Crippen LogP contribution is -2.19. The maximum absolute atomic E-state index is 10.9. The molecule has 1 aromatic carbocycles. The molecule has 0 aliphatic carbocycles. The van der Waals surface area contributed by atoms with Crippen LogP contribution in [0.1, 0.15) is 13.3 Å². The number of anilines is 1. The molecule has 1 unspecified atom stereocenters. The highest BCUT2D eigenvalue weighted by molar-refractivity contribution is 5.88. The fraction of sp³-hybridized carbons (Fsp3) is 0.417. The van der Waals surface area contributed by atoms with Crippen LogP contribution in [-0.4, -0.2) is 25.1 Å². The first-order valence-corrected chi connectivity index (χ1v) is 5.49. The van der Waals surface area contributed by atoms with E-state index in [1.165, 1.54) is 6.92 Å². The van der Waals surface area contributed by atoms with Crippen LogP contribution < -0.4 is 15.4 Å². The Morgan fingerprint density at radius 3 is 3.00 bits per heavy atom. The summed E-state index contributed by atoms with van der Waals surface area (Å²) < 4.78 is 5.78. The minimum atomic E-state index is -0.0697. The van der Waals surface area contributed by atoms with E-state index in [1.54, 1.807) is 0 Å². The van der Waals surface area contributed by atoms with Crippen LogP contribution in [0, 0.1) is 0 Å². The lowest BCUT2D eigenvalue weighted by molar-refractivity contribution is -0.114. The average molecular weight is 257 g/mol. The largest absolute Gasteiger partial charge is 0.489 e. The van der Waals surface area contributed by atoms with Gasteiger partial charge in [-0.15, -0.1) is 12.4 Å². The lowest BCUT2D eigenvalue weighted by atomic mass is 10.2. The highest BCUT2D eigenvalue weighted by Gasteiger charge is 2.15. The third kappa shape index (κ3) is 4.24. The van der Waals surface area contributed by atoms with Gasteiger partial charge in [0.25, 0.3) is 0 Å². The highest BCUT2D eigenvalue weighted by Crippen LogP contribution is 2.19. The molecule has 1 aromatic rings. The Hall–Kier alpha value is -1.26. The van der Waals surface area contributed by atoms with Crippen LogP contribution >= 0.6 is 12.4 Å². The van der Waals surface area contributed by atoms with Crippen molar-refractivity contribution in [2.75, 3.05) is 18.4 Å². The summed E-state index contributed by atoms with van der Waals surface area (Å²) in [5.74, 6) is 0.736. The van der Waals surface area contributed by atoms with Crippen LogP contribution in [0.4, 0.5) is 5.69 Å². The second-order valence-corrected chi connectivity index (χ2v) is 3.94. The summed E-state index contributed by atoms with van der Waals surface area (Å²) in [6, 6.07) is 7.48. The zero-order valence-corrected chi connectivity index (χ0v) is 10.5. The van der Waals surface area contributed by atoms with Gasteiger partial charge in [0, 0.05) is 25.2 Å². The monoisotopic (exact) mass is 256 g/mol. The van der Waals surface area contributed by atoms with Gasteiger partial charge in [0.15, 0.2) is 0 Å². The molecule has 2 rings (SSSR count). The number of nitrogens with one attached hydrogen (secondary N) is 2. The van der Waals surface area contributed by atoms with Crippen LogP contribution in [0.5, 0.6) is 5.75 Å². The molecular formula is C12H17ClN2O2. The Bertz CT molecular complexity index is 379. The van der Waals surface area contributed by atoms with Gasteiger partial charge in [0.05, 0.1) is 0 Å². The summed E-state index contributed by atoms with van der Waals surface area (Å²) in [6.45, 7) is 3.40. The number of halogens is 1. The Morgan fingerprint density at radius 2 is 2.35 bits per heavy atom. The molecule has 1 aliphatic rings. The van der Waals surface area contributed by atoms with E-state index in [-0.39, 0.29) is 24.4 Å². The van der Waals surface area contributed by atoms with E-state index >= 15 is 0 Å². The number of hydrogen-bond donors (Lipinski definition) is 2. The van der Waals surface area contributed by atoms with Gasteiger partial charge in [-0.3, -0.25) is 4.79 Å². The highest BCUT2D eigenvalue weighted by atomic mass is 35.5. The van der Waals surface area contributed by atoms with E-state index < -0.39 is 0 Å². The van der Waals surface area contributed by atoms with Gasteiger partial charge < -0.3 is 15.4 Å². The van der Waals surface area contributed by atoms with Gasteiger partial charge in [0.1, 0.15) is 11.9 Å². The van der Waals surface area contributed by atoms with Gasteiger partial charge in [0.2, 0.25) is 5.91 Å². The molecule has 1 aliphatic heterocycles. The van der Waals surface area contributed by atoms with Gasteiger partial charge >= 0.3 is 0 Å². The van der Waals surface area contributed by atoms with Crippen molar-refractivity contribution in [3.05, 3.63) is 24.3 Å². The Balaban J connectivity index is 0.00000144. The number of benzene rings is 1. The van der Waals surface area contributed by atoms with Crippen molar-refractivity contribution in [1.29, 1.82) is 0 Å². The third-order valence-corrected chi connectivity index (χ3v) is 2.47. The molecule has 1 saturated heterocycles. The molecule has 2 N–H and O–H groups in total. The van der Waals surface area contributed by atoms with E-state index in [1.807, 2.05) is 24.3 Å². The molecule has 1 fully saturated rings. The topological polar surface area (TPSA) is 50.4 Å². The van der Waals surface area contributed by atoms with Crippen molar-refractivity contribution in [1.82, 2.24) is 5.32 Å². The minimum Gasteiger partial charge on any atom is -0.489 e. The Labute approximate surface area is 107 Å². The number of rotatable bonds is 3. The number of hydrogen-bond acceptors (Lipinski definition) is 3. The summed E-state index contributed by atoms with van der Waals surface area (Å²) in [5.41, 5.74) is 0.774. The van der Waals surface area contributed by atoms with Crippen molar-refractivity contribution in [2.45, 2.75) is 19.4 Å². The first-order valence-electron chi connectivity index (χ1n) is 5.49. The Kier molecular flexibility index (Phi) is 5.25. The molecule has 1 heterocycles. The Morgan fingerprint density at radius 1 is 1.53 bits per heavy atom. The van der Waals surface area contributed by atoms with Gasteiger partial charge in [-0.2, -0.15) is 0 Å². The predicted molar refractivity (Wildman–Crippen MR) is 69.9 cm³/mol. The zero-order valence-electron chi connectivity index (χ0n) is 9.73. The average Bonchev–Trinajstić information content (AvgIpc) is 2.70. The molecule has 1 amide bonds. The van der Waals surface area contributed by atoms with Crippen molar-refractivity contribution in [3.63, 3.8) is 0 Å². The molecule has 17 heavy (non-hydrogen) atoms. The molecule has 0 spiro atoms. The SMILES string of the molecule is CC(=O)Nc1cccc(OC2CCNC2)c1.Cl. The van der Waals surface area contributed by atoms with E-state index in [0.29, 0.717) is 0 Å². The van der Waals surface area contributed by atoms with Gasteiger partial charge in [-0.25, -0.2) is 0 Å². The first-order chi connectivity index (χ1) is 7.74. The maximum Gasteiger partial charge on any atom is 0.221 e. The molecule has 0 bridgehead atoms. The van der Waals surface area contributed by atoms with Crippen molar-refractivity contribution < 1.29 is 9.53 Å². The van der Waals surface area contributed by atoms with E-state index in [4.69, 9.17) is 4.74 Å². The number of carbonyl (C=O) groups excluding carboxylic acids is 1. The molecule has 1 atom stereocenters. The molecule has 0 saturated carbocycles. The fourth-order valence-corrected chi connectivity index (χ4v) is 1.77. The maximum atomic E-state index is 10.9. The molecule has 0 aromatic heterocycles. The van der Waals surface area contributed by atoms with Crippen molar-refractivity contribution >= 4 is 24.0 Å². The second kappa shape index (κ2) is 6.47. The summed E-state index contributed by atoms with van der Waals surface area (Å²) in [7, 11) is 0. The van der Waals surface area contributed by atoms with Crippen molar-refractivity contribution in [3.8, 4) is 5.75 Å². The smallest absolute Gasteiger partial charge is 0.221 e. The van der Waals surface area contributed by atoms with Crippen molar-refractivity contribution in [2.24, 2.45) is 0 Å². The molecule has 4 nitrogen and oxygen atoms in total. The number of ether oxygens (including phenoxy) is 1. The van der Waals surface area contributed by atoms with Gasteiger partial charge in [-0.1, -0.05) is 6.07 Å².